The summed E-state index contributed by atoms with van der Waals surface area (Å²) in [7, 11) is 0. The number of amides is 1. The molecule has 1 saturated carbocycles. The van der Waals surface area contributed by atoms with E-state index in [9.17, 15) is 14.3 Å². The third-order valence-corrected chi connectivity index (χ3v) is 6.38. The molecule has 1 aromatic carbocycles. The minimum absolute atomic E-state index is 0.110. The molecule has 3 heterocycles. The highest BCUT2D eigenvalue weighted by Gasteiger charge is 2.44. The number of aromatic amines is 1. The van der Waals surface area contributed by atoms with Crippen LogP contribution in [0.2, 0.25) is 0 Å². The molecule has 156 valence electrons. The number of likely N-dealkylation sites (tertiary alicyclic amines) is 1. The third-order valence-electron chi connectivity index (χ3n) is 6.38. The number of carbonyl (C=O) groups is 1. The fourth-order valence-electron chi connectivity index (χ4n) is 4.81. The molecule has 0 spiro atoms. The van der Waals surface area contributed by atoms with Gasteiger partial charge in [-0.05, 0) is 55.9 Å². The van der Waals surface area contributed by atoms with Crippen molar-refractivity contribution in [3.8, 4) is 11.4 Å². The molecule has 9 heteroatoms. The first kappa shape index (κ1) is 18.9. The average molecular weight is 410 g/mol. The highest BCUT2D eigenvalue weighted by molar-refractivity contribution is 5.94. The van der Waals surface area contributed by atoms with Crippen molar-refractivity contribution in [2.75, 3.05) is 13.1 Å². The Balaban J connectivity index is 1.33. The number of hydrogen-bond acceptors (Lipinski definition) is 5. The SMILES string of the molecule is Cc1[nH]c(-c2ccc(F)cc2)nc1C(=O)N1C[C@H]2C[C@@H](n3cncn3)[C@H](O)C[C@H]2C1. The average Bonchev–Trinajstić information content (AvgIpc) is 3.46. The number of aliphatic hydroxyl groups excluding tert-OH is 1. The van der Waals surface area contributed by atoms with Gasteiger partial charge in [-0.25, -0.2) is 19.0 Å². The van der Waals surface area contributed by atoms with Crippen molar-refractivity contribution in [1.29, 1.82) is 0 Å². The van der Waals surface area contributed by atoms with Crippen LogP contribution >= 0.6 is 0 Å². The van der Waals surface area contributed by atoms with Crippen LogP contribution in [0, 0.1) is 24.6 Å². The Morgan fingerprint density at radius 2 is 1.93 bits per heavy atom. The Morgan fingerprint density at radius 1 is 1.20 bits per heavy atom. The van der Waals surface area contributed by atoms with Crippen molar-refractivity contribution in [2.24, 2.45) is 11.8 Å². The second kappa shape index (κ2) is 7.32. The summed E-state index contributed by atoms with van der Waals surface area (Å²) in [5.74, 6) is 0.693. The number of aryl methyl sites for hydroxylation is 1. The molecule has 4 atom stereocenters. The number of halogens is 1. The fourth-order valence-corrected chi connectivity index (χ4v) is 4.81. The fraction of sp³-hybridized carbons (Fsp3) is 0.429. The first-order valence-electron chi connectivity index (χ1n) is 10.1. The van der Waals surface area contributed by atoms with Gasteiger partial charge in [0.25, 0.3) is 5.91 Å². The Hall–Kier alpha value is -3.07. The molecule has 2 fully saturated rings. The number of nitrogens with one attached hydrogen (secondary N) is 1. The van der Waals surface area contributed by atoms with E-state index in [0.717, 1.165) is 12.0 Å². The summed E-state index contributed by atoms with van der Waals surface area (Å²) in [5.41, 5.74) is 1.81. The van der Waals surface area contributed by atoms with E-state index in [1.54, 1.807) is 23.1 Å². The normalized spacial score (nSPS) is 26.0. The summed E-state index contributed by atoms with van der Waals surface area (Å²) in [5, 5.41) is 14.8. The number of H-pyrrole nitrogens is 1. The van der Waals surface area contributed by atoms with Crippen LogP contribution in [0.15, 0.2) is 36.9 Å². The third kappa shape index (κ3) is 3.28. The zero-order valence-corrected chi connectivity index (χ0v) is 16.6. The van der Waals surface area contributed by atoms with Gasteiger partial charge in [-0.3, -0.25) is 4.79 Å². The van der Waals surface area contributed by atoms with Gasteiger partial charge in [-0.1, -0.05) is 0 Å². The van der Waals surface area contributed by atoms with Gasteiger partial charge in [-0.15, -0.1) is 0 Å². The lowest BCUT2D eigenvalue weighted by atomic mass is 9.77. The van der Waals surface area contributed by atoms with Crippen molar-refractivity contribution in [3.05, 3.63) is 54.1 Å². The lowest BCUT2D eigenvalue weighted by Crippen LogP contribution is -2.36. The molecule has 0 radical (unpaired) electrons. The molecule has 0 unspecified atom stereocenters. The first-order chi connectivity index (χ1) is 14.5. The van der Waals surface area contributed by atoms with E-state index >= 15 is 0 Å². The van der Waals surface area contributed by atoms with Gasteiger partial charge in [0, 0.05) is 24.3 Å². The van der Waals surface area contributed by atoms with Crippen LogP contribution in [0.1, 0.15) is 35.1 Å². The molecule has 3 aromatic rings. The number of aromatic nitrogens is 5. The molecule has 5 rings (SSSR count). The number of aliphatic hydroxyl groups is 1. The van der Waals surface area contributed by atoms with E-state index in [2.05, 4.69) is 20.1 Å². The monoisotopic (exact) mass is 410 g/mol. The number of benzene rings is 1. The number of nitrogens with zero attached hydrogens (tertiary/aromatic N) is 5. The van der Waals surface area contributed by atoms with E-state index in [1.807, 2.05) is 11.8 Å². The van der Waals surface area contributed by atoms with Crippen molar-refractivity contribution in [1.82, 2.24) is 29.6 Å². The van der Waals surface area contributed by atoms with Crippen LogP contribution < -0.4 is 0 Å². The predicted octanol–water partition coefficient (Wildman–Crippen LogP) is 2.20. The van der Waals surface area contributed by atoms with Crippen LogP contribution in [-0.2, 0) is 0 Å². The van der Waals surface area contributed by atoms with Crippen molar-refractivity contribution in [3.63, 3.8) is 0 Å². The lowest BCUT2D eigenvalue weighted by Gasteiger charge is -2.34. The molecule has 1 aliphatic heterocycles. The van der Waals surface area contributed by atoms with E-state index in [-0.39, 0.29) is 23.7 Å². The quantitative estimate of drug-likeness (QED) is 0.690. The number of imidazole rings is 1. The Kier molecular flexibility index (Phi) is 4.62. The zero-order chi connectivity index (χ0) is 20.8. The summed E-state index contributed by atoms with van der Waals surface area (Å²) in [6, 6.07) is 5.91. The summed E-state index contributed by atoms with van der Waals surface area (Å²) in [6.07, 6.45) is 4.01. The molecule has 0 bridgehead atoms. The van der Waals surface area contributed by atoms with Gasteiger partial charge in [-0.2, -0.15) is 5.10 Å². The number of carbonyl (C=O) groups excluding carboxylic acids is 1. The summed E-state index contributed by atoms with van der Waals surface area (Å²) in [6.45, 7) is 3.07. The molecular weight excluding hydrogens is 387 g/mol. The van der Waals surface area contributed by atoms with E-state index < -0.39 is 6.10 Å². The first-order valence-corrected chi connectivity index (χ1v) is 10.1. The molecule has 2 aliphatic rings. The van der Waals surface area contributed by atoms with Crippen molar-refractivity contribution >= 4 is 5.91 Å². The van der Waals surface area contributed by atoms with E-state index in [4.69, 9.17) is 0 Å². The standard InChI is InChI=1S/C21H23FN6O2/c1-12-19(26-20(25-12)13-2-4-16(22)5-3-13)21(30)27-8-14-6-17(28-11-23-10-24-28)18(29)7-15(14)9-27/h2-5,10-11,14-15,17-18,29H,6-9H2,1H3,(H,25,26)/t14-,15+,17-,18-/m1/s1. The minimum atomic E-state index is -0.500. The van der Waals surface area contributed by atoms with Crippen LogP contribution in [0.4, 0.5) is 4.39 Å². The topological polar surface area (TPSA) is 99.9 Å². The van der Waals surface area contributed by atoms with Gasteiger partial charge in [0.2, 0.25) is 0 Å². The highest BCUT2D eigenvalue weighted by atomic mass is 19.1. The van der Waals surface area contributed by atoms with E-state index in [0.29, 0.717) is 42.6 Å². The smallest absolute Gasteiger partial charge is 0.274 e. The van der Waals surface area contributed by atoms with Gasteiger partial charge >= 0.3 is 0 Å². The maximum atomic E-state index is 13.2. The Morgan fingerprint density at radius 3 is 2.63 bits per heavy atom. The van der Waals surface area contributed by atoms with Crippen LogP contribution in [-0.4, -0.2) is 59.8 Å². The van der Waals surface area contributed by atoms with Crippen LogP contribution in [0.25, 0.3) is 11.4 Å². The molecule has 2 aromatic heterocycles. The van der Waals surface area contributed by atoms with Gasteiger partial charge in [0.15, 0.2) is 0 Å². The largest absolute Gasteiger partial charge is 0.391 e. The predicted molar refractivity (Wildman–Crippen MR) is 106 cm³/mol. The van der Waals surface area contributed by atoms with Gasteiger partial charge in [0.05, 0.1) is 12.1 Å². The number of hydrogen-bond donors (Lipinski definition) is 2. The van der Waals surface area contributed by atoms with Crippen LogP contribution in [0.3, 0.4) is 0 Å². The van der Waals surface area contributed by atoms with Crippen molar-refractivity contribution in [2.45, 2.75) is 31.9 Å². The molecule has 1 aliphatic carbocycles. The second-order valence-electron chi connectivity index (χ2n) is 8.28. The van der Waals surface area contributed by atoms with Gasteiger partial charge in [0.1, 0.15) is 30.0 Å². The van der Waals surface area contributed by atoms with Gasteiger partial charge < -0.3 is 15.0 Å². The maximum Gasteiger partial charge on any atom is 0.274 e. The second-order valence-corrected chi connectivity index (χ2v) is 8.28. The van der Waals surface area contributed by atoms with E-state index in [1.165, 1.54) is 18.5 Å². The molecule has 30 heavy (non-hydrogen) atoms. The molecule has 2 N–H and O–H groups in total. The molecule has 1 amide bonds. The summed E-state index contributed by atoms with van der Waals surface area (Å²) >= 11 is 0. The van der Waals surface area contributed by atoms with Crippen molar-refractivity contribution < 1.29 is 14.3 Å². The Bertz CT molecular complexity index is 1050. The molecular formula is C21H23FN6O2. The van der Waals surface area contributed by atoms with Crippen LogP contribution in [0.5, 0.6) is 0 Å². The molecule has 8 nitrogen and oxygen atoms in total. The molecule has 1 saturated heterocycles. The lowest BCUT2D eigenvalue weighted by molar-refractivity contribution is 0.0304. The number of fused-ring (bicyclic) bond motifs is 1. The number of rotatable bonds is 3. The summed E-state index contributed by atoms with van der Waals surface area (Å²) < 4.78 is 14.9. The maximum absolute atomic E-state index is 13.2. The zero-order valence-electron chi connectivity index (χ0n) is 16.6. The Labute approximate surface area is 172 Å². The summed E-state index contributed by atoms with van der Waals surface area (Å²) in [4.78, 5) is 26.7. The highest BCUT2D eigenvalue weighted by Crippen LogP contribution is 2.41. The minimum Gasteiger partial charge on any atom is -0.391 e.